The number of carbonyl (C=O) groups excluding carboxylic acids is 1. The number of nitrogens with zero attached hydrogens (tertiary/aromatic N) is 1. The molecule has 2 atom stereocenters. The molecule has 1 aliphatic heterocycles. The van der Waals surface area contributed by atoms with E-state index in [1.54, 1.807) is 6.92 Å². The third kappa shape index (κ3) is 3.83. The van der Waals surface area contributed by atoms with Crippen LogP contribution in [-0.4, -0.2) is 34.6 Å². The number of carbonyl (C=O) groups is 1. The summed E-state index contributed by atoms with van der Waals surface area (Å²) in [4.78, 5) is 14.4. The Morgan fingerprint density at radius 1 is 1.55 bits per heavy atom. The highest BCUT2D eigenvalue weighted by Crippen LogP contribution is 2.23. The zero-order valence-corrected chi connectivity index (χ0v) is 13.7. The van der Waals surface area contributed by atoms with Crippen molar-refractivity contribution >= 4 is 21.8 Å². The molecule has 0 spiro atoms. The normalized spacial score (nSPS) is 20.2. The maximum atomic E-state index is 12.5. The van der Waals surface area contributed by atoms with Gasteiger partial charge in [0, 0.05) is 17.1 Å². The van der Waals surface area contributed by atoms with Crippen LogP contribution in [0.4, 0.5) is 0 Å². The summed E-state index contributed by atoms with van der Waals surface area (Å²) in [6, 6.07) is 6.24. The molecule has 1 N–H and O–H groups in total. The van der Waals surface area contributed by atoms with Crippen LogP contribution < -0.4 is 0 Å². The fraction of sp³-hybridized carbons (Fsp3) is 0.562. The number of halogens is 1. The molecule has 110 valence electrons. The molecule has 0 aliphatic carbocycles. The van der Waals surface area contributed by atoms with Gasteiger partial charge < -0.3 is 10.0 Å². The van der Waals surface area contributed by atoms with E-state index in [2.05, 4.69) is 15.9 Å². The van der Waals surface area contributed by atoms with Crippen molar-refractivity contribution in [2.75, 3.05) is 6.54 Å². The molecule has 1 aromatic rings. The SMILES string of the molecule is Cc1cc(Br)ccc1CC(=O)N1CCCC1CC(C)O. The van der Waals surface area contributed by atoms with Crippen LogP contribution in [0.15, 0.2) is 22.7 Å². The fourth-order valence-corrected chi connectivity index (χ4v) is 3.40. The Morgan fingerprint density at radius 2 is 2.30 bits per heavy atom. The molecular formula is C16H22BrNO2. The number of hydrogen-bond acceptors (Lipinski definition) is 2. The molecule has 1 aliphatic rings. The van der Waals surface area contributed by atoms with Gasteiger partial charge in [0.1, 0.15) is 0 Å². The number of amides is 1. The quantitative estimate of drug-likeness (QED) is 0.915. The summed E-state index contributed by atoms with van der Waals surface area (Å²) in [5, 5.41) is 9.53. The molecule has 2 rings (SSSR count). The van der Waals surface area contributed by atoms with Crippen molar-refractivity contribution in [2.45, 2.75) is 51.7 Å². The van der Waals surface area contributed by atoms with Crippen LogP contribution in [0.25, 0.3) is 0 Å². The molecule has 0 saturated carbocycles. The predicted octanol–water partition coefficient (Wildman–Crippen LogP) is 3.06. The predicted molar refractivity (Wildman–Crippen MR) is 83.6 cm³/mol. The van der Waals surface area contributed by atoms with Crippen LogP contribution in [-0.2, 0) is 11.2 Å². The molecule has 1 heterocycles. The van der Waals surface area contributed by atoms with E-state index >= 15 is 0 Å². The first kappa shape index (κ1) is 15.5. The van der Waals surface area contributed by atoms with Gasteiger partial charge in [0.15, 0.2) is 0 Å². The minimum atomic E-state index is -0.345. The second kappa shape index (κ2) is 6.72. The van der Waals surface area contributed by atoms with Crippen LogP contribution in [0.2, 0.25) is 0 Å². The average molecular weight is 340 g/mol. The summed E-state index contributed by atoms with van der Waals surface area (Å²) in [6.07, 6.45) is 2.85. The summed E-state index contributed by atoms with van der Waals surface area (Å²) in [7, 11) is 0. The number of hydrogen-bond donors (Lipinski definition) is 1. The van der Waals surface area contributed by atoms with E-state index in [4.69, 9.17) is 0 Å². The summed E-state index contributed by atoms with van der Waals surface area (Å²) in [5.41, 5.74) is 2.22. The van der Waals surface area contributed by atoms with Gasteiger partial charge in [-0.05, 0) is 56.4 Å². The number of aliphatic hydroxyl groups excluding tert-OH is 1. The third-order valence-corrected chi connectivity index (χ3v) is 4.45. The van der Waals surface area contributed by atoms with Gasteiger partial charge in [0.2, 0.25) is 5.91 Å². The number of aryl methyl sites for hydroxylation is 1. The van der Waals surface area contributed by atoms with Gasteiger partial charge in [-0.3, -0.25) is 4.79 Å². The Bertz CT molecular complexity index is 487. The van der Waals surface area contributed by atoms with E-state index in [1.165, 1.54) is 0 Å². The van der Waals surface area contributed by atoms with E-state index in [0.717, 1.165) is 35.0 Å². The van der Waals surface area contributed by atoms with Crippen molar-refractivity contribution in [3.8, 4) is 0 Å². The average Bonchev–Trinajstić information content (AvgIpc) is 2.80. The smallest absolute Gasteiger partial charge is 0.227 e. The van der Waals surface area contributed by atoms with Crippen LogP contribution in [0.3, 0.4) is 0 Å². The van der Waals surface area contributed by atoms with Gasteiger partial charge in [-0.15, -0.1) is 0 Å². The minimum Gasteiger partial charge on any atom is -0.393 e. The molecule has 1 aromatic carbocycles. The van der Waals surface area contributed by atoms with Crippen molar-refractivity contribution in [1.29, 1.82) is 0 Å². The largest absolute Gasteiger partial charge is 0.393 e. The Labute approximate surface area is 129 Å². The molecule has 0 radical (unpaired) electrons. The van der Waals surface area contributed by atoms with E-state index in [-0.39, 0.29) is 18.1 Å². The number of likely N-dealkylation sites (tertiary alicyclic amines) is 1. The fourth-order valence-electron chi connectivity index (χ4n) is 2.92. The molecule has 4 heteroatoms. The Kier molecular flexibility index (Phi) is 5.22. The highest BCUT2D eigenvalue weighted by atomic mass is 79.9. The maximum Gasteiger partial charge on any atom is 0.227 e. The van der Waals surface area contributed by atoms with Crippen LogP contribution in [0, 0.1) is 6.92 Å². The first-order valence-corrected chi connectivity index (χ1v) is 7.99. The van der Waals surface area contributed by atoms with E-state index in [1.807, 2.05) is 30.0 Å². The van der Waals surface area contributed by atoms with Crippen LogP contribution in [0.1, 0.15) is 37.3 Å². The van der Waals surface area contributed by atoms with Crippen LogP contribution >= 0.6 is 15.9 Å². The number of benzene rings is 1. The summed E-state index contributed by atoms with van der Waals surface area (Å²) in [6.45, 7) is 4.65. The molecule has 2 unspecified atom stereocenters. The highest BCUT2D eigenvalue weighted by Gasteiger charge is 2.29. The summed E-state index contributed by atoms with van der Waals surface area (Å²) in [5.74, 6) is 0.179. The van der Waals surface area contributed by atoms with Gasteiger partial charge in [0.05, 0.1) is 12.5 Å². The third-order valence-electron chi connectivity index (χ3n) is 3.96. The molecule has 0 bridgehead atoms. The van der Waals surface area contributed by atoms with Crippen molar-refractivity contribution in [2.24, 2.45) is 0 Å². The van der Waals surface area contributed by atoms with Crippen molar-refractivity contribution in [1.82, 2.24) is 4.90 Å². The lowest BCUT2D eigenvalue weighted by Gasteiger charge is -2.26. The molecular weight excluding hydrogens is 318 g/mol. The highest BCUT2D eigenvalue weighted by molar-refractivity contribution is 9.10. The molecule has 20 heavy (non-hydrogen) atoms. The maximum absolute atomic E-state index is 12.5. The second-order valence-corrected chi connectivity index (χ2v) is 6.63. The monoisotopic (exact) mass is 339 g/mol. The molecule has 1 amide bonds. The van der Waals surface area contributed by atoms with Gasteiger partial charge in [0.25, 0.3) is 0 Å². The van der Waals surface area contributed by atoms with Gasteiger partial charge in [-0.25, -0.2) is 0 Å². The standard InChI is InChI=1S/C16H22BrNO2/c1-11-8-14(17)6-5-13(11)10-16(20)18-7-3-4-15(18)9-12(2)19/h5-6,8,12,15,19H,3-4,7,9-10H2,1-2H3. The molecule has 1 fully saturated rings. The molecule has 0 aromatic heterocycles. The summed E-state index contributed by atoms with van der Waals surface area (Å²) < 4.78 is 1.04. The Hall–Kier alpha value is -0.870. The second-order valence-electron chi connectivity index (χ2n) is 5.72. The number of aliphatic hydroxyl groups is 1. The Morgan fingerprint density at radius 3 is 2.95 bits per heavy atom. The minimum absolute atomic E-state index is 0.179. The van der Waals surface area contributed by atoms with E-state index < -0.39 is 0 Å². The zero-order chi connectivity index (χ0) is 14.7. The lowest BCUT2D eigenvalue weighted by Crippen LogP contribution is -2.38. The van der Waals surface area contributed by atoms with Gasteiger partial charge in [-0.2, -0.15) is 0 Å². The first-order chi connectivity index (χ1) is 9.47. The Balaban J connectivity index is 2.03. The molecule has 1 saturated heterocycles. The van der Waals surface area contributed by atoms with Crippen molar-refractivity contribution < 1.29 is 9.90 Å². The molecule has 3 nitrogen and oxygen atoms in total. The lowest BCUT2D eigenvalue weighted by atomic mass is 10.0. The van der Waals surface area contributed by atoms with E-state index in [0.29, 0.717) is 12.8 Å². The van der Waals surface area contributed by atoms with Gasteiger partial charge in [-0.1, -0.05) is 22.0 Å². The lowest BCUT2D eigenvalue weighted by molar-refractivity contribution is -0.131. The van der Waals surface area contributed by atoms with Crippen LogP contribution in [0.5, 0.6) is 0 Å². The number of rotatable bonds is 4. The van der Waals surface area contributed by atoms with Crippen molar-refractivity contribution in [3.63, 3.8) is 0 Å². The topological polar surface area (TPSA) is 40.5 Å². The zero-order valence-electron chi connectivity index (χ0n) is 12.1. The first-order valence-electron chi connectivity index (χ1n) is 7.20. The van der Waals surface area contributed by atoms with Gasteiger partial charge >= 0.3 is 0 Å². The summed E-state index contributed by atoms with van der Waals surface area (Å²) >= 11 is 3.44. The van der Waals surface area contributed by atoms with E-state index in [9.17, 15) is 9.90 Å². The van der Waals surface area contributed by atoms with Crippen molar-refractivity contribution in [3.05, 3.63) is 33.8 Å².